The zero-order valence-corrected chi connectivity index (χ0v) is 17.0. The summed E-state index contributed by atoms with van der Waals surface area (Å²) >= 11 is 0. The lowest BCUT2D eigenvalue weighted by Crippen LogP contribution is -2.21. The first kappa shape index (κ1) is 19.8. The minimum absolute atomic E-state index is 0.537. The maximum atomic E-state index is 5.64. The molecule has 6 heteroatoms. The van der Waals surface area contributed by atoms with E-state index in [2.05, 4.69) is 53.6 Å². The third kappa shape index (κ3) is 5.30. The highest BCUT2D eigenvalue weighted by Crippen LogP contribution is 2.20. The second-order valence-electron chi connectivity index (χ2n) is 7.07. The molecular formula is C24H25N5O. The molecule has 0 atom stereocenters. The van der Waals surface area contributed by atoms with E-state index in [0.29, 0.717) is 32.1 Å². The Kier molecular flexibility index (Phi) is 6.47. The van der Waals surface area contributed by atoms with Gasteiger partial charge in [-0.3, -0.25) is 0 Å². The topological polar surface area (TPSA) is 64.9 Å². The molecule has 2 aromatic heterocycles. The third-order valence-corrected chi connectivity index (χ3v) is 4.64. The smallest absolute Gasteiger partial charge is 0.213 e. The maximum Gasteiger partial charge on any atom is 0.213 e. The Labute approximate surface area is 176 Å². The average Bonchev–Trinajstić information content (AvgIpc) is 3.17. The number of hydrogen-bond acceptors (Lipinski definition) is 5. The van der Waals surface area contributed by atoms with Gasteiger partial charge in [-0.15, -0.1) is 0 Å². The largest absolute Gasteiger partial charge is 0.476 e. The third-order valence-electron chi connectivity index (χ3n) is 4.64. The summed E-state index contributed by atoms with van der Waals surface area (Å²) in [5, 5.41) is 12.9. The quantitative estimate of drug-likeness (QED) is 0.433. The summed E-state index contributed by atoms with van der Waals surface area (Å²) in [7, 11) is 0. The highest BCUT2D eigenvalue weighted by molar-refractivity contribution is 5.60. The zero-order valence-electron chi connectivity index (χ0n) is 17.0. The molecule has 6 nitrogen and oxygen atoms in total. The Hall–Kier alpha value is -3.51. The molecule has 2 heterocycles. The summed E-state index contributed by atoms with van der Waals surface area (Å²) in [4.78, 5) is 5.94. The molecule has 0 saturated carbocycles. The van der Waals surface area contributed by atoms with E-state index >= 15 is 0 Å². The molecule has 0 unspecified atom stereocenters. The number of pyridine rings is 1. The molecule has 0 aliphatic carbocycles. The van der Waals surface area contributed by atoms with Crippen molar-refractivity contribution in [2.75, 3.05) is 13.2 Å². The van der Waals surface area contributed by atoms with Crippen molar-refractivity contribution < 1.29 is 4.74 Å². The van der Waals surface area contributed by atoms with E-state index < -0.39 is 0 Å². The van der Waals surface area contributed by atoms with Gasteiger partial charge in [0.1, 0.15) is 18.0 Å². The molecular weight excluding hydrogens is 374 g/mol. The first-order chi connectivity index (χ1) is 14.8. The average molecular weight is 399 g/mol. The number of nitrogens with one attached hydrogen (secondary N) is 1. The standard InChI is InChI=1S/C24H25N5O/c1-19-8-7-9-20(16-19)18-29-27-22(24(28-29)21-10-3-2-4-11-21)17-25-14-15-30-23-12-5-6-13-26-23/h2-13,16,25H,14-15,17-18H2,1H3. The predicted molar refractivity (Wildman–Crippen MR) is 117 cm³/mol. The molecule has 0 amide bonds. The van der Waals surface area contributed by atoms with Crippen molar-refractivity contribution in [2.45, 2.75) is 20.0 Å². The van der Waals surface area contributed by atoms with Gasteiger partial charge in [0.2, 0.25) is 5.88 Å². The van der Waals surface area contributed by atoms with E-state index in [1.165, 1.54) is 11.1 Å². The van der Waals surface area contributed by atoms with E-state index in [0.717, 1.165) is 17.0 Å². The summed E-state index contributed by atoms with van der Waals surface area (Å²) in [6.45, 7) is 4.58. The van der Waals surface area contributed by atoms with Crippen LogP contribution in [0.15, 0.2) is 79.0 Å². The van der Waals surface area contributed by atoms with E-state index in [9.17, 15) is 0 Å². The molecule has 0 aliphatic rings. The minimum atomic E-state index is 0.537. The van der Waals surface area contributed by atoms with Crippen molar-refractivity contribution in [3.05, 3.63) is 95.8 Å². The molecule has 0 radical (unpaired) electrons. The molecule has 152 valence electrons. The van der Waals surface area contributed by atoms with Crippen molar-refractivity contribution >= 4 is 0 Å². The molecule has 0 spiro atoms. The molecule has 0 fully saturated rings. The number of aryl methyl sites for hydroxylation is 1. The van der Waals surface area contributed by atoms with Crippen LogP contribution >= 0.6 is 0 Å². The van der Waals surface area contributed by atoms with Gasteiger partial charge in [0.15, 0.2) is 0 Å². The molecule has 2 aromatic carbocycles. The molecule has 0 bridgehead atoms. The number of benzene rings is 2. The Morgan fingerprint density at radius 2 is 1.80 bits per heavy atom. The number of hydrogen-bond donors (Lipinski definition) is 1. The van der Waals surface area contributed by atoms with Crippen LogP contribution in [0.5, 0.6) is 5.88 Å². The van der Waals surface area contributed by atoms with Gasteiger partial charge in [-0.25, -0.2) is 4.98 Å². The second-order valence-corrected chi connectivity index (χ2v) is 7.07. The van der Waals surface area contributed by atoms with Gasteiger partial charge in [0, 0.05) is 30.9 Å². The zero-order chi connectivity index (χ0) is 20.6. The molecule has 0 aliphatic heterocycles. The maximum absolute atomic E-state index is 5.64. The van der Waals surface area contributed by atoms with Gasteiger partial charge in [-0.05, 0) is 18.6 Å². The Morgan fingerprint density at radius 3 is 2.60 bits per heavy atom. The SMILES string of the molecule is Cc1cccc(Cn2nc(CNCCOc3ccccn3)c(-c3ccccc3)n2)c1. The van der Waals surface area contributed by atoms with E-state index in [4.69, 9.17) is 14.9 Å². The van der Waals surface area contributed by atoms with Crippen LogP contribution in [0.2, 0.25) is 0 Å². The molecule has 4 aromatic rings. The van der Waals surface area contributed by atoms with Gasteiger partial charge >= 0.3 is 0 Å². The van der Waals surface area contributed by atoms with Crippen molar-refractivity contribution in [1.29, 1.82) is 0 Å². The van der Waals surface area contributed by atoms with Crippen LogP contribution in [0, 0.1) is 6.92 Å². The fourth-order valence-electron chi connectivity index (χ4n) is 3.23. The van der Waals surface area contributed by atoms with Crippen molar-refractivity contribution in [3.8, 4) is 17.1 Å². The fourth-order valence-corrected chi connectivity index (χ4v) is 3.23. The number of aromatic nitrogens is 4. The highest BCUT2D eigenvalue weighted by Gasteiger charge is 2.13. The minimum Gasteiger partial charge on any atom is -0.476 e. The summed E-state index contributed by atoms with van der Waals surface area (Å²) in [6.07, 6.45) is 1.72. The first-order valence-electron chi connectivity index (χ1n) is 10.1. The van der Waals surface area contributed by atoms with E-state index in [1.807, 2.05) is 36.4 Å². The Morgan fingerprint density at radius 1 is 0.933 bits per heavy atom. The normalized spacial score (nSPS) is 10.8. The van der Waals surface area contributed by atoms with Crippen molar-refractivity contribution in [1.82, 2.24) is 25.3 Å². The Bertz CT molecular complexity index is 1060. The van der Waals surface area contributed by atoms with E-state index in [-0.39, 0.29) is 0 Å². The summed E-state index contributed by atoms with van der Waals surface area (Å²) < 4.78 is 5.64. The predicted octanol–water partition coefficient (Wildman–Crippen LogP) is 3.87. The lowest BCUT2D eigenvalue weighted by Gasteiger charge is -2.06. The van der Waals surface area contributed by atoms with Crippen LogP contribution in [0.25, 0.3) is 11.3 Å². The summed E-state index contributed by atoms with van der Waals surface area (Å²) in [5.41, 5.74) is 5.31. The fraction of sp³-hybridized carbons (Fsp3) is 0.208. The van der Waals surface area contributed by atoms with Crippen LogP contribution in [-0.4, -0.2) is 33.1 Å². The van der Waals surface area contributed by atoms with Crippen LogP contribution in [-0.2, 0) is 13.1 Å². The number of ether oxygens (including phenoxy) is 1. The van der Waals surface area contributed by atoms with Gasteiger partial charge in [-0.2, -0.15) is 15.0 Å². The monoisotopic (exact) mass is 399 g/mol. The van der Waals surface area contributed by atoms with Gasteiger partial charge in [0.05, 0.1) is 6.54 Å². The molecule has 0 saturated heterocycles. The first-order valence-corrected chi connectivity index (χ1v) is 10.1. The lowest BCUT2D eigenvalue weighted by atomic mass is 10.1. The van der Waals surface area contributed by atoms with Crippen LogP contribution < -0.4 is 10.1 Å². The Balaban J connectivity index is 1.43. The highest BCUT2D eigenvalue weighted by atomic mass is 16.5. The lowest BCUT2D eigenvalue weighted by molar-refractivity contribution is 0.302. The van der Waals surface area contributed by atoms with Gasteiger partial charge < -0.3 is 10.1 Å². The van der Waals surface area contributed by atoms with Crippen LogP contribution in [0.4, 0.5) is 0 Å². The number of rotatable bonds is 9. The molecule has 1 N–H and O–H groups in total. The van der Waals surface area contributed by atoms with E-state index in [1.54, 1.807) is 11.0 Å². The molecule has 30 heavy (non-hydrogen) atoms. The summed E-state index contributed by atoms with van der Waals surface area (Å²) in [5.74, 6) is 0.633. The molecule has 4 rings (SSSR count). The number of nitrogens with zero attached hydrogens (tertiary/aromatic N) is 4. The van der Waals surface area contributed by atoms with Crippen LogP contribution in [0.3, 0.4) is 0 Å². The second kappa shape index (κ2) is 9.80. The van der Waals surface area contributed by atoms with Crippen molar-refractivity contribution in [3.63, 3.8) is 0 Å². The van der Waals surface area contributed by atoms with Gasteiger partial charge in [0.25, 0.3) is 0 Å². The van der Waals surface area contributed by atoms with Gasteiger partial charge in [-0.1, -0.05) is 66.2 Å². The van der Waals surface area contributed by atoms with Crippen molar-refractivity contribution in [2.24, 2.45) is 0 Å². The summed E-state index contributed by atoms with van der Waals surface area (Å²) in [6, 6.07) is 24.2. The van der Waals surface area contributed by atoms with Crippen LogP contribution in [0.1, 0.15) is 16.8 Å².